The smallest absolute Gasteiger partial charge is 0.335 e. The van der Waals surface area contributed by atoms with E-state index in [4.69, 9.17) is 5.11 Å². The second kappa shape index (κ2) is 6.59. The molecule has 0 bridgehead atoms. The van der Waals surface area contributed by atoms with Gasteiger partial charge in [-0.25, -0.2) is 4.79 Å². The molecule has 0 saturated heterocycles. The molecular weight excluding hydrogens is 278 g/mol. The van der Waals surface area contributed by atoms with Gasteiger partial charge in [0.1, 0.15) is 0 Å². The normalized spacial score (nSPS) is 9.55. The van der Waals surface area contributed by atoms with Crippen molar-refractivity contribution in [2.75, 3.05) is 14.1 Å². The van der Waals surface area contributed by atoms with E-state index in [1.165, 1.54) is 17.0 Å². The zero-order chi connectivity index (χ0) is 16.1. The summed E-state index contributed by atoms with van der Waals surface area (Å²) in [5.74, 6) is 4.79. The highest BCUT2D eigenvalue weighted by atomic mass is 16.4. The highest BCUT2D eigenvalue weighted by Gasteiger charge is 2.07. The second-order valence-electron chi connectivity index (χ2n) is 4.92. The number of hydrogen-bond acceptors (Lipinski definition) is 2. The molecule has 1 amide bonds. The van der Waals surface area contributed by atoms with Gasteiger partial charge in [-0.1, -0.05) is 24.0 Å². The number of aromatic carboxylic acids is 1. The molecule has 4 heteroatoms. The third-order valence-electron chi connectivity index (χ3n) is 2.98. The number of carboxylic acid groups (broad SMARTS) is 1. The molecule has 0 aliphatic heterocycles. The van der Waals surface area contributed by atoms with Crippen LogP contribution >= 0.6 is 0 Å². The lowest BCUT2D eigenvalue weighted by Gasteiger charge is -2.09. The van der Waals surface area contributed by atoms with Crippen molar-refractivity contribution in [1.29, 1.82) is 0 Å². The fraction of sp³-hybridized carbons (Fsp3) is 0.111. The summed E-state index contributed by atoms with van der Waals surface area (Å²) in [6.45, 7) is 0. The number of carboxylic acids is 1. The summed E-state index contributed by atoms with van der Waals surface area (Å²) in [6.07, 6.45) is 0. The number of nitrogens with zero attached hydrogens (tertiary/aromatic N) is 1. The summed E-state index contributed by atoms with van der Waals surface area (Å²) in [4.78, 5) is 24.3. The van der Waals surface area contributed by atoms with Crippen molar-refractivity contribution in [2.24, 2.45) is 0 Å². The van der Waals surface area contributed by atoms with E-state index in [1.807, 2.05) is 0 Å². The molecule has 22 heavy (non-hydrogen) atoms. The fourth-order valence-electron chi connectivity index (χ4n) is 1.86. The number of benzene rings is 2. The van der Waals surface area contributed by atoms with Crippen LogP contribution in [0.3, 0.4) is 0 Å². The van der Waals surface area contributed by atoms with Gasteiger partial charge in [0.2, 0.25) is 0 Å². The SMILES string of the molecule is CN(C)C(=O)c1cccc(C#Cc2cccc(C(=O)O)c2)c1. The number of hydrogen-bond donors (Lipinski definition) is 1. The molecule has 0 heterocycles. The quantitative estimate of drug-likeness (QED) is 0.865. The van der Waals surface area contributed by atoms with Crippen LogP contribution in [0.25, 0.3) is 0 Å². The monoisotopic (exact) mass is 293 g/mol. The molecule has 2 aromatic carbocycles. The first-order valence-corrected chi connectivity index (χ1v) is 6.64. The molecule has 110 valence electrons. The number of rotatable bonds is 2. The van der Waals surface area contributed by atoms with Crippen molar-refractivity contribution < 1.29 is 14.7 Å². The van der Waals surface area contributed by atoms with Gasteiger partial charge in [-0.15, -0.1) is 0 Å². The number of carbonyl (C=O) groups is 2. The Kier molecular flexibility index (Phi) is 4.60. The number of amides is 1. The molecule has 0 radical (unpaired) electrons. The average molecular weight is 293 g/mol. The Morgan fingerprint density at radius 2 is 1.41 bits per heavy atom. The van der Waals surface area contributed by atoms with Crippen LogP contribution in [-0.4, -0.2) is 36.0 Å². The van der Waals surface area contributed by atoms with Crippen LogP contribution in [0.5, 0.6) is 0 Å². The summed E-state index contributed by atoms with van der Waals surface area (Å²) in [5.41, 5.74) is 2.08. The minimum Gasteiger partial charge on any atom is -0.478 e. The van der Waals surface area contributed by atoms with Gasteiger partial charge in [0.05, 0.1) is 5.56 Å². The van der Waals surface area contributed by atoms with Gasteiger partial charge in [-0.05, 0) is 36.4 Å². The standard InChI is InChI=1S/C18H15NO3/c1-19(2)17(20)15-7-3-5-13(11-15)9-10-14-6-4-8-16(12-14)18(21)22/h3-8,11-12H,1-2H3,(H,21,22). The Morgan fingerprint density at radius 1 is 0.909 bits per heavy atom. The molecule has 0 spiro atoms. The molecular formula is C18H15NO3. The third kappa shape index (κ3) is 3.74. The molecule has 4 nitrogen and oxygen atoms in total. The van der Waals surface area contributed by atoms with Crippen LogP contribution < -0.4 is 0 Å². The zero-order valence-electron chi connectivity index (χ0n) is 12.3. The van der Waals surface area contributed by atoms with Crippen LogP contribution in [-0.2, 0) is 0 Å². The van der Waals surface area contributed by atoms with Crippen LogP contribution in [0.15, 0.2) is 48.5 Å². The Bertz CT molecular complexity index is 782. The lowest BCUT2D eigenvalue weighted by Crippen LogP contribution is -2.21. The maximum Gasteiger partial charge on any atom is 0.335 e. The van der Waals surface area contributed by atoms with E-state index in [2.05, 4.69) is 11.8 Å². The zero-order valence-corrected chi connectivity index (χ0v) is 12.3. The van der Waals surface area contributed by atoms with E-state index >= 15 is 0 Å². The van der Waals surface area contributed by atoms with Crippen molar-refractivity contribution in [2.45, 2.75) is 0 Å². The van der Waals surface area contributed by atoms with Crippen LogP contribution in [0, 0.1) is 11.8 Å². The summed E-state index contributed by atoms with van der Waals surface area (Å²) >= 11 is 0. The Labute approximate surface area is 129 Å². The van der Waals surface area contributed by atoms with Crippen molar-refractivity contribution >= 4 is 11.9 Å². The molecule has 0 aliphatic rings. The molecule has 0 aromatic heterocycles. The minimum absolute atomic E-state index is 0.0866. The van der Waals surface area contributed by atoms with E-state index < -0.39 is 5.97 Å². The predicted molar refractivity (Wildman–Crippen MR) is 83.8 cm³/mol. The van der Waals surface area contributed by atoms with E-state index in [-0.39, 0.29) is 11.5 Å². The molecule has 1 N–H and O–H groups in total. The fourth-order valence-corrected chi connectivity index (χ4v) is 1.86. The van der Waals surface area contributed by atoms with Crippen molar-refractivity contribution in [1.82, 2.24) is 4.90 Å². The topological polar surface area (TPSA) is 57.6 Å². The van der Waals surface area contributed by atoms with Crippen molar-refractivity contribution in [3.8, 4) is 11.8 Å². The van der Waals surface area contributed by atoms with Crippen molar-refractivity contribution in [3.05, 3.63) is 70.8 Å². The molecule has 2 aromatic rings. The molecule has 0 saturated carbocycles. The van der Waals surface area contributed by atoms with Crippen LogP contribution in [0.2, 0.25) is 0 Å². The van der Waals surface area contributed by atoms with E-state index in [0.717, 1.165) is 0 Å². The lowest BCUT2D eigenvalue weighted by molar-refractivity contribution is 0.0696. The van der Waals surface area contributed by atoms with E-state index in [1.54, 1.807) is 50.5 Å². The van der Waals surface area contributed by atoms with Crippen LogP contribution in [0.4, 0.5) is 0 Å². The third-order valence-corrected chi connectivity index (χ3v) is 2.98. The molecule has 0 unspecified atom stereocenters. The highest BCUT2D eigenvalue weighted by Crippen LogP contribution is 2.08. The largest absolute Gasteiger partial charge is 0.478 e. The second-order valence-corrected chi connectivity index (χ2v) is 4.92. The van der Waals surface area contributed by atoms with Gasteiger partial charge in [-0.3, -0.25) is 4.79 Å². The maximum absolute atomic E-state index is 11.9. The van der Waals surface area contributed by atoms with Crippen LogP contribution in [0.1, 0.15) is 31.8 Å². The molecule has 2 rings (SSSR count). The summed E-state index contributed by atoms with van der Waals surface area (Å²) < 4.78 is 0. The van der Waals surface area contributed by atoms with Gasteiger partial charge in [0.15, 0.2) is 0 Å². The Balaban J connectivity index is 2.29. The van der Waals surface area contributed by atoms with Gasteiger partial charge in [0, 0.05) is 30.8 Å². The van der Waals surface area contributed by atoms with Gasteiger partial charge < -0.3 is 10.0 Å². The number of carbonyl (C=O) groups excluding carboxylic acids is 1. The molecule has 0 fully saturated rings. The summed E-state index contributed by atoms with van der Waals surface area (Å²) in [5, 5.41) is 8.95. The van der Waals surface area contributed by atoms with E-state index in [9.17, 15) is 9.59 Å². The van der Waals surface area contributed by atoms with Crippen molar-refractivity contribution in [3.63, 3.8) is 0 Å². The first-order valence-electron chi connectivity index (χ1n) is 6.64. The average Bonchev–Trinajstić information content (AvgIpc) is 2.52. The van der Waals surface area contributed by atoms with E-state index in [0.29, 0.717) is 16.7 Å². The maximum atomic E-state index is 11.9. The van der Waals surface area contributed by atoms with Gasteiger partial charge >= 0.3 is 5.97 Å². The van der Waals surface area contributed by atoms with Gasteiger partial charge in [-0.2, -0.15) is 0 Å². The highest BCUT2D eigenvalue weighted by molar-refractivity contribution is 5.94. The minimum atomic E-state index is -0.984. The molecule has 0 aliphatic carbocycles. The molecule has 0 atom stereocenters. The lowest BCUT2D eigenvalue weighted by atomic mass is 10.1. The summed E-state index contributed by atoms with van der Waals surface area (Å²) in [7, 11) is 3.39. The summed E-state index contributed by atoms with van der Waals surface area (Å²) in [6, 6.07) is 13.5. The first-order chi connectivity index (χ1) is 10.5. The Morgan fingerprint density at radius 3 is 1.91 bits per heavy atom. The van der Waals surface area contributed by atoms with Gasteiger partial charge in [0.25, 0.3) is 5.91 Å². The Hall–Kier alpha value is -3.06. The predicted octanol–water partition coefficient (Wildman–Crippen LogP) is 2.49. The first kappa shape index (κ1) is 15.3.